The highest BCUT2D eigenvalue weighted by molar-refractivity contribution is 5.95. The molecule has 0 bridgehead atoms. The Labute approximate surface area is 117 Å². The molecule has 19 heavy (non-hydrogen) atoms. The first-order valence-corrected chi connectivity index (χ1v) is 7.16. The molecule has 2 N–H and O–H groups in total. The van der Waals surface area contributed by atoms with E-state index in [4.69, 9.17) is 4.74 Å². The number of rotatable bonds is 4. The van der Waals surface area contributed by atoms with Crippen molar-refractivity contribution in [2.24, 2.45) is 0 Å². The van der Waals surface area contributed by atoms with Crippen LogP contribution in [0.5, 0.6) is 0 Å². The Kier molecular flexibility index (Phi) is 10.0. The molecule has 0 radical (unpaired) electrons. The fourth-order valence-corrected chi connectivity index (χ4v) is 1.41. The molecule has 1 aromatic carbocycles. The zero-order valence-electron chi connectivity index (χ0n) is 12.9. The van der Waals surface area contributed by atoms with Gasteiger partial charge in [0.2, 0.25) is 0 Å². The van der Waals surface area contributed by atoms with E-state index in [0.29, 0.717) is 12.5 Å². The average molecular weight is 266 g/mol. The first-order chi connectivity index (χ1) is 9.17. The van der Waals surface area contributed by atoms with Crippen molar-refractivity contribution < 1.29 is 14.8 Å². The predicted octanol–water partition coefficient (Wildman–Crippen LogP) is 2.19. The quantitative estimate of drug-likeness (QED) is 0.671. The normalized spacial score (nSPS) is 15.5. The van der Waals surface area contributed by atoms with Crippen LogP contribution < -0.4 is 5.32 Å². The van der Waals surface area contributed by atoms with E-state index in [1.54, 1.807) is 0 Å². The topological polar surface area (TPSA) is 46.2 Å². The van der Waals surface area contributed by atoms with Crippen LogP contribution >= 0.6 is 0 Å². The molecule has 1 aromatic rings. The van der Waals surface area contributed by atoms with E-state index in [0.717, 1.165) is 18.7 Å². The smallest absolute Gasteiger partial charge is 0.162 e. The van der Waals surface area contributed by atoms with Crippen LogP contribution in [0.1, 0.15) is 43.1 Å². The number of hydrogen-bond acceptors (Lipinski definition) is 2. The maximum Gasteiger partial charge on any atom is 0.162 e. The van der Waals surface area contributed by atoms with Crippen LogP contribution in [-0.4, -0.2) is 32.1 Å². The lowest BCUT2D eigenvalue weighted by Crippen LogP contribution is -2.81. The Balaban J connectivity index is 0.000000341. The van der Waals surface area contributed by atoms with E-state index in [2.05, 4.69) is 12.4 Å². The molecule has 1 aliphatic rings. The Morgan fingerprint density at radius 1 is 1.32 bits per heavy atom. The summed E-state index contributed by atoms with van der Waals surface area (Å²) >= 11 is 0. The average Bonchev–Trinajstić information content (AvgIpc) is 3.26. The zero-order valence-corrected chi connectivity index (χ0v) is 12.9. The molecule has 1 fully saturated rings. The molecule has 0 amide bonds. The first-order valence-electron chi connectivity index (χ1n) is 7.16. The van der Waals surface area contributed by atoms with Crippen LogP contribution in [-0.2, 0) is 4.74 Å². The van der Waals surface area contributed by atoms with Crippen molar-refractivity contribution in [2.75, 3.05) is 20.2 Å². The van der Waals surface area contributed by atoms with Crippen molar-refractivity contribution in [3.8, 4) is 0 Å². The van der Waals surface area contributed by atoms with Gasteiger partial charge in [-0.25, -0.2) is 0 Å². The van der Waals surface area contributed by atoms with E-state index >= 15 is 0 Å². The van der Waals surface area contributed by atoms with Gasteiger partial charge >= 0.3 is 0 Å². The largest absolute Gasteiger partial charge is 0.367 e. The van der Waals surface area contributed by atoms with Crippen molar-refractivity contribution >= 4 is 5.78 Å². The number of Topliss-reactive ketones (excluding diaryl/α,β-unsaturated/α-hetero) is 1. The van der Waals surface area contributed by atoms with Crippen LogP contribution in [0.15, 0.2) is 24.3 Å². The molecular formula is C16H28NO2+. The number of carbonyl (C=O) groups excluding carboxylic acids is 1. The first kappa shape index (κ1) is 17.8. The lowest BCUT2D eigenvalue weighted by molar-refractivity contribution is -0.628. The molecule has 1 saturated heterocycles. The van der Waals surface area contributed by atoms with Gasteiger partial charge in [-0.2, -0.15) is 0 Å². The van der Waals surface area contributed by atoms with Crippen molar-refractivity contribution in [3.05, 3.63) is 35.4 Å². The monoisotopic (exact) mass is 266 g/mol. The molecule has 1 heterocycles. The van der Waals surface area contributed by atoms with Crippen LogP contribution in [0.2, 0.25) is 0 Å². The van der Waals surface area contributed by atoms with E-state index in [1.807, 2.05) is 52.0 Å². The number of ether oxygens (including phenoxy) is 1. The third kappa shape index (κ3) is 8.51. The summed E-state index contributed by atoms with van der Waals surface area (Å²) in [6.07, 6.45) is 1.18. The number of aryl methyl sites for hydroxylation is 1. The van der Waals surface area contributed by atoms with Crippen LogP contribution in [0.3, 0.4) is 0 Å². The summed E-state index contributed by atoms with van der Waals surface area (Å²) in [5.74, 6) is 0.213. The Morgan fingerprint density at radius 3 is 2.16 bits per heavy atom. The van der Waals surface area contributed by atoms with Gasteiger partial charge in [0, 0.05) is 12.0 Å². The second-order valence-corrected chi connectivity index (χ2v) is 4.24. The second-order valence-electron chi connectivity index (χ2n) is 4.24. The van der Waals surface area contributed by atoms with Crippen molar-refractivity contribution in [3.63, 3.8) is 0 Å². The van der Waals surface area contributed by atoms with Gasteiger partial charge in [-0.1, -0.05) is 50.6 Å². The summed E-state index contributed by atoms with van der Waals surface area (Å²) in [6.45, 7) is 10.0. The molecule has 1 unspecified atom stereocenters. The molecule has 3 heteroatoms. The number of nitrogens with two attached hydrogens (primary N) is 1. The second kappa shape index (κ2) is 10.7. The van der Waals surface area contributed by atoms with Crippen molar-refractivity contribution in [1.29, 1.82) is 0 Å². The molecule has 1 aliphatic heterocycles. The Hall–Kier alpha value is -1.19. The van der Waals surface area contributed by atoms with Gasteiger partial charge in [0.25, 0.3) is 0 Å². The number of likely N-dealkylation sites (N-methyl/N-ethyl adjacent to an activating group) is 1. The van der Waals surface area contributed by atoms with Gasteiger partial charge < -0.3 is 10.1 Å². The van der Waals surface area contributed by atoms with Crippen molar-refractivity contribution in [2.45, 2.75) is 40.2 Å². The maximum atomic E-state index is 11.1. The van der Waals surface area contributed by atoms with E-state index in [-0.39, 0.29) is 5.78 Å². The van der Waals surface area contributed by atoms with Crippen LogP contribution in [0.4, 0.5) is 0 Å². The summed E-state index contributed by atoms with van der Waals surface area (Å²) in [5, 5.41) is 2.14. The number of benzene rings is 1. The van der Waals surface area contributed by atoms with Gasteiger partial charge in [-0.15, -0.1) is 0 Å². The van der Waals surface area contributed by atoms with Gasteiger partial charge in [-0.05, 0) is 6.92 Å². The van der Waals surface area contributed by atoms with E-state index < -0.39 is 0 Å². The molecule has 0 aromatic heterocycles. The summed E-state index contributed by atoms with van der Waals surface area (Å²) in [4.78, 5) is 11.1. The molecule has 0 saturated carbocycles. The Morgan fingerprint density at radius 2 is 1.84 bits per heavy atom. The van der Waals surface area contributed by atoms with Crippen LogP contribution in [0, 0.1) is 6.92 Å². The third-order valence-electron chi connectivity index (χ3n) is 2.60. The van der Waals surface area contributed by atoms with Gasteiger partial charge in [0.05, 0.1) is 13.7 Å². The number of ketones is 1. The highest BCUT2D eigenvalue weighted by atomic mass is 16.6. The van der Waals surface area contributed by atoms with Crippen LogP contribution in [0.25, 0.3) is 0 Å². The minimum absolute atomic E-state index is 0.213. The van der Waals surface area contributed by atoms with Gasteiger partial charge in [0.15, 0.2) is 5.78 Å². The van der Waals surface area contributed by atoms with Crippen molar-refractivity contribution in [1.82, 2.24) is 0 Å². The number of hydrogen-bond donors (Lipinski definition) is 1. The standard InChI is InChI=1S/C10H12O.C4H9NO.C2H6/c1-3-10(11)9-6-4-8(2)5-7-9;1-5-2-4-3-6-4;1-2/h4-7H,3H2,1-2H3;4-5H,2-3H2,1H3;1-2H3/p+1. The summed E-state index contributed by atoms with van der Waals surface area (Å²) in [6, 6.07) is 7.67. The fourth-order valence-electron chi connectivity index (χ4n) is 1.41. The SMILES string of the molecule is CC.CCC(=O)c1ccc(C)cc1.C[NH2+]CC1CO1. The number of epoxide rings is 1. The fraction of sp³-hybridized carbons (Fsp3) is 0.562. The molecule has 108 valence electrons. The van der Waals surface area contributed by atoms with E-state index in [1.165, 1.54) is 5.56 Å². The highest BCUT2D eigenvalue weighted by Crippen LogP contribution is 2.05. The number of carbonyl (C=O) groups is 1. The lowest BCUT2D eigenvalue weighted by atomic mass is 10.1. The molecule has 0 spiro atoms. The molecular weight excluding hydrogens is 238 g/mol. The molecule has 2 rings (SSSR count). The minimum Gasteiger partial charge on any atom is -0.367 e. The maximum absolute atomic E-state index is 11.1. The van der Waals surface area contributed by atoms with Gasteiger partial charge in [0.1, 0.15) is 12.6 Å². The summed E-state index contributed by atoms with van der Waals surface area (Å²) in [5.41, 5.74) is 2.01. The molecule has 0 aliphatic carbocycles. The minimum atomic E-state index is 0.213. The lowest BCUT2D eigenvalue weighted by Gasteiger charge is -1.96. The highest BCUT2D eigenvalue weighted by Gasteiger charge is 2.22. The van der Waals surface area contributed by atoms with Gasteiger partial charge in [-0.3, -0.25) is 4.79 Å². The third-order valence-corrected chi connectivity index (χ3v) is 2.60. The Bertz CT molecular complexity index is 342. The number of quaternary nitrogens is 1. The molecule has 3 nitrogen and oxygen atoms in total. The summed E-state index contributed by atoms with van der Waals surface area (Å²) < 4.78 is 4.92. The summed E-state index contributed by atoms with van der Waals surface area (Å²) in [7, 11) is 2.06. The van der Waals surface area contributed by atoms with E-state index in [9.17, 15) is 4.79 Å². The molecule has 1 atom stereocenters. The predicted molar refractivity (Wildman–Crippen MR) is 79.6 cm³/mol. The zero-order chi connectivity index (χ0) is 14.7.